The lowest BCUT2D eigenvalue weighted by molar-refractivity contribution is -0.133. The second kappa shape index (κ2) is 6.26. The number of amides is 1. The van der Waals surface area contributed by atoms with Crippen molar-refractivity contribution in [1.29, 1.82) is 0 Å². The lowest BCUT2D eigenvalue weighted by Crippen LogP contribution is -2.42. The van der Waals surface area contributed by atoms with Crippen molar-refractivity contribution >= 4 is 5.91 Å². The van der Waals surface area contributed by atoms with Crippen molar-refractivity contribution in [2.75, 3.05) is 53.6 Å². The lowest BCUT2D eigenvalue weighted by Gasteiger charge is -2.30. The summed E-state index contributed by atoms with van der Waals surface area (Å²) < 4.78 is 11.3. The van der Waals surface area contributed by atoms with E-state index in [1.165, 1.54) is 0 Å². The van der Waals surface area contributed by atoms with E-state index in [0.29, 0.717) is 5.92 Å². The zero-order chi connectivity index (χ0) is 15.6. The van der Waals surface area contributed by atoms with Crippen molar-refractivity contribution in [2.24, 2.45) is 11.3 Å². The summed E-state index contributed by atoms with van der Waals surface area (Å²) in [6, 6.07) is 9.48. The van der Waals surface area contributed by atoms with E-state index in [2.05, 4.69) is 19.0 Å². The molecule has 0 unspecified atom stereocenters. The van der Waals surface area contributed by atoms with Crippen molar-refractivity contribution in [3.05, 3.63) is 30.3 Å². The molecule has 1 aromatic carbocycles. The van der Waals surface area contributed by atoms with Crippen LogP contribution < -0.4 is 4.74 Å². The van der Waals surface area contributed by atoms with E-state index in [-0.39, 0.29) is 17.9 Å². The monoisotopic (exact) mass is 304 g/mol. The number of nitrogens with zero attached hydrogens (tertiary/aromatic N) is 2. The van der Waals surface area contributed by atoms with E-state index >= 15 is 0 Å². The summed E-state index contributed by atoms with van der Waals surface area (Å²) in [5, 5.41) is 0. The number of carbonyl (C=O) groups is 1. The maximum atomic E-state index is 12.4. The van der Waals surface area contributed by atoms with Crippen molar-refractivity contribution in [1.82, 2.24) is 9.80 Å². The van der Waals surface area contributed by atoms with Crippen molar-refractivity contribution in [3.63, 3.8) is 0 Å². The molecule has 0 bridgehead atoms. The van der Waals surface area contributed by atoms with Crippen molar-refractivity contribution in [3.8, 4) is 5.75 Å². The van der Waals surface area contributed by atoms with Gasteiger partial charge in [0.1, 0.15) is 5.75 Å². The first-order chi connectivity index (χ1) is 10.6. The molecule has 3 rings (SSSR count). The summed E-state index contributed by atoms with van der Waals surface area (Å²) in [6.07, 6.45) is 0. The molecule has 0 saturated carbocycles. The minimum atomic E-state index is 0.0661. The molecule has 120 valence electrons. The van der Waals surface area contributed by atoms with Gasteiger partial charge in [-0.1, -0.05) is 18.2 Å². The minimum Gasteiger partial charge on any atom is -0.484 e. The largest absolute Gasteiger partial charge is 0.484 e. The van der Waals surface area contributed by atoms with Crippen LogP contribution in [0.2, 0.25) is 0 Å². The molecule has 1 aromatic rings. The van der Waals surface area contributed by atoms with E-state index in [9.17, 15) is 4.79 Å². The minimum absolute atomic E-state index is 0.0661. The average molecular weight is 304 g/mol. The molecular formula is C17H24N2O3. The summed E-state index contributed by atoms with van der Waals surface area (Å²) in [7, 11) is 4.15. The molecule has 22 heavy (non-hydrogen) atoms. The highest BCUT2D eigenvalue weighted by molar-refractivity contribution is 5.78. The second-order valence-electron chi connectivity index (χ2n) is 6.69. The Hall–Kier alpha value is -1.59. The molecule has 0 radical (unpaired) electrons. The Labute approximate surface area is 131 Å². The molecule has 2 atom stereocenters. The van der Waals surface area contributed by atoms with Crippen LogP contribution in [0.3, 0.4) is 0 Å². The average Bonchev–Trinajstić information content (AvgIpc) is 3.01. The number of para-hydroxylation sites is 1. The van der Waals surface area contributed by atoms with Gasteiger partial charge in [-0.3, -0.25) is 4.79 Å². The third-order valence-electron chi connectivity index (χ3n) is 4.61. The van der Waals surface area contributed by atoms with Gasteiger partial charge in [-0.25, -0.2) is 0 Å². The number of likely N-dealkylation sites (tertiary alicyclic amines) is 1. The molecule has 2 saturated heterocycles. The van der Waals surface area contributed by atoms with Gasteiger partial charge in [0.05, 0.1) is 13.2 Å². The third-order valence-corrected chi connectivity index (χ3v) is 4.61. The van der Waals surface area contributed by atoms with Gasteiger partial charge in [0, 0.05) is 31.0 Å². The Morgan fingerprint density at radius 3 is 2.91 bits per heavy atom. The predicted octanol–water partition coefficient (Wildman–Crippen LogP) is 1.10. The second-order valence-corrected chi connectivity index (χ2v) is 6.69. The molecule has 5 nitrogen and oxygen atoms in total. The van der Waals surface area contributed by atoms with Crippen LogP contribution >= 0.6 is 0 Å². The van der Waals surface area contributed by atoms with Crippen LogP contribution in [0.4, 0.5) is 0 Å². The molecule has 0 N–H and O–H groups in total. The smallest absolute Gasteiger partial charge is 0.260 e. The quantitative estimate of drug-likeness (QED) is 0.817. The van der Waals surface area contributed by atoms with E-state index < -0.39 is 0 Å². The summed E-state index contributed by atoms with van der Waals surface area (Å²) in [5.41, 5.74) is 0.0892. The fourth-order valence-corrected chi connectivity index (χ4v) is 3.63. The van der Waals surface area contributed by atoms with Gasteiger partial charge in [0.25, 0.3) is 5.91 Å². The number of ether oxygens (including phenoxy) is 2. The molecule has 2 heterocycles. The van der Waals surface area contributed by atoms with E-state index in [0.717, 1.165) is 38.6 Å². The highest BCUT2D eigenvalue weighted by Gasteiger charge is 2.51. The van der Waals surface area contributed by atoms with Gasteiger partial charge in [-0.05, 0) is 26.2 Å². The Kier molecular flexibility index (Phi) is 4.36. The number of fused-ring (bicyclic) bond motifs is 1. The first-order valence-corrected chi connectivity index (χ1v) is 7.77. The Balaban J connectivity index is 1.58. The Morgan fingerprint density at radius 1 is 1.41 bits per heavy atom. The first-order valence-electron chi connectivity index (χ1n) is 7.77. The molecule has 5 heteroatoms. The molecule has 0 aliphatic carbocycles. The van der Waals surface area contributed by atoms with Crippen LogP contribution in [0.25, 0.3) is 0 Å². The van der Waals surface area contributed by atoms with Gasteiger partial charge in [-0.2, -0.15) is 0 Å². The van der Waals surface area contributed by atoms with Crippen molar-refractivity contribution in [2.45, 2.75) is 0 Å². The van der Waals surface area contributed by atoms with Crippen LogP contribution in [0.15, 0.2) is 30.3 Å². The fourth-order valence-electron chi connectivity index (χ4n) is 3.63. The van der Waals surface area contributed by atoms with Crippen LogP contribution in [-0.2, 0) is 9.53 Å². The molecule has 0 aromatic heterocycles. The topological polar surface area (TPSA) is 42.0 Å². The predicted molar refractivity (Wildman–Crippen MR) is 83.8 cm³/mol. The number of rotatable bonds is 5. The van der Waals surface area contributed by atoms with Crippen LogP contribution in [0.1, 0.15) is 0 Å². The van der Waals surface area contributed by atoms with Crippen molar-refractivity contribution < 1.29 is 14.3 Å². The van der Waals surface area contributed by atoms with E-state index in [1.54, 1.807) is 0 Å². The Morgan fingerprint density at radius 2 is 2.18 bits per heavy atom. The maximum absolute atomic E-state index is 12.4. The summed E-state index contributed by atoms with van der Waals surface area (Å²) >= 11 is 0. The SMILES string of the molecule is CN(C)C[C@@]12COC[C@@H]1CN(C(=O)COc1ccccc1)C2. The van der Waals surface area contributed by atoms with Gasteiger partial charge in [0.15, 0.2) is 6.61 Å². The fraction of sp³-hybridized carbons (Fsp3) is 0.588. The number of hydrogen-bond donors (Lipinski definition) is 0. The summed E-state index contributed by atoms with van der Waals surface area (Å²) in [4.78, 5) is 16.6. The van der Waals surface area contributed by atoms with Gasteiger partial charge >= 0.3 is 0 Å². The molecule has 1 amide bonds. The molecule has 2 aliphatic heterocycles. The standard InChI is InChI=1S/C17H24N2O3/c1-18(2)11-17-12-19(8-14(17)9-21-13-17)16(20)10-22-15-6-4-3-5-7-15/h3-7,14H,8-13H2,1-2H3/t14-,17+/m0/s1. The zero-order valence-corrected chi connectivity index (χ0v) is 13.3. The molecular weight excluding hydrogens is 280 g/mol. The third kappa shape index (κ3) is 3.10. The van der Waals surface area contributed by atoms with Crippen LogP contribution in [0.5, 0.6) is 5.75 Å². The van der Waals surface area contributed by atoms with E-state index in [4.69, 9.17) is 9.47 Å². The number of carbonyl (C=O) groups excluding carboxylic acids is 1. The summed E-state index contributed by atoms with van der Waals surface area (Å²) in [6.45, 7) is 4.13. The highest BCUT2D eigenvalue weighted by Crippen LogP contribution is 2.41. The number of hydrogen-bond acceptors (Lipinski definition) is 4. The highest BCUT2D eigenvalue weighted by atomic mass is 16.5. The molecule has 2 fully saturated rings. The van der Waals surface area contributed by atoms with Crippen LogP contribution in [0, 0.1) is 11.3 Å². The number of benzene rings is 1. The van der Waals surface area contributed by atoms with Gasteiger partial charge in [-0.15, -0.1) is 0 Å². The first kappa shape index (κ1) is 15.3. The molecule has 2 aliphatic rings. The van der Waals surface area contributed by atoms with Gasteiger partial charge in [0.2, 0.25) is 0 Å². The molecule has 0 spiro atoms. The Bertz CT molecular complexity index is 520. The maximum Gasteiger partial charge on any atom is 0.260 e. The van der Waals surface area contributed by atoms with Gasteiger partial charge < -0.3 is 19.3 Å². The van der Waals surface area contributed by atoms with Crippen LogP contribution in [-0.4, -0.2) is 69.3 Å². The summed E-state index contributed by atoms with van der Waals surface area (Å²) in [5.74, 6) is 1.24. The van der Waals surface area contributed by atoms with E-state index in [1.807, 2.05) is 35.2 Å². The normalized spacial score (nSPS) is 27.2. The lowest BCUT2D eigenvalue weighted by atomic mass is 9.81. The zero-order valence-electron chi connectivity index (χ0n) is 13.3.